The quantitative estimate of drug-likeness (QED) is 0.875. The molecule has 0 spiro atoms. The van der Waals surface area contributed by atoms with Crippen LogP contribution in [0, 0.1) is 5.82 Å². The Balaban J connectivity index is 2.21. The number of nitrogens with one attached hydrogen (secondary N) is 1. The molecule has 106 valence electrons. The molecule has 0 heterocycles. The molecule has 2 rings (SSSR count). The van der Waals surface area contributed by atoms with E-state index in [1.807, 2.05) is 0 Å². The minimum atomic E-state index is -0.418. The van der Waals surface area contributed by atoms with Gasteiger partial charge in [-0.25, -0.2) is 4.39 Å². The van der Waals surface area contributed by atoms with Gasteiger partial charge in [-0.15, -0.1) is 0 Å². The highest BCUT2D eigenvalue weighted by atomic mass is 35.5. The highest BCUT2D eigenvalue weighted by molar-refractivity contribution is 6.35. The maximum absolute atomic E-state index is 13.6. The van der Waals surface area contributed by atoms with Crippen LogP contribution in [0.2, 0.25) is 10.0 Å². The SMILES string of the molecule is COc1ccc(F)c(NCc2cc(Cl)cc(Cl)c2O)c1. The van der Waals surface area contributed by atoms with E-state index in [9.17, 15) is 9.50 Å². The van der Waals surface area contributed by atoms with Gasteiger partial charge in [-0.1, -0.05) is 23.2 Å². The van der Waals surface area contributed by atoms with Crippen molar-refractivity contribution in [3.8, 4) is 11.5 Å². The molecule has 0 radical (unpaired) electrons. The topological polar surface area (TPSA) is 41.5 Å². The Hall–Kier alpha value is -1.65. The second kappa shape index (κ2) is 6.20. The van der Waals surface area contributed by atoms with Crippen LogP contribution in [0.3, 0.4) is 0 Å². The van der Waals surface area contributed by atoms with Gasteiger partial charge in [0.2, 0.25) is 0 Å². The molecule has 2 aromatic carbocycles. The van der Waals surface area contributed by atoms with Gasteiger partial charge >= 0.3 is 0 Å². The lowest BCUT2D eigenvalue weighted by atomic mass is 10.2. The van der Waals surface area contributed by atoms with Crippen molar-refractivity contribution in [3.05, 3.63) is 51.8 Å². The number of hydrogen-bond donors (Lipinski definition) is 2. The predicted octanol–water partition coefficient (Wildman–Crippen LogP) is 4.46. The van der Waals surface area contributed by atoms with Crippen molar-refractivity contribution in [2.45, 2.75) is 6.54 Å². The summed E-state index contributed by atoms with van der Waals surface area (Å²) in [6, 6.07) is 7.35. The van der Waals surface area contributed by atoms with E-state index in [-0.39, 0.29) is 23.0 Å². The predicted molar refractivity (Wildman–Crippen MR) is 78.4 cm³/mol. The maximum atomic E-state index is 13.6. The van der Waals surface area contributed by atoms with Gasteiger partial charge in [-0.05, 0) is 24.3 Å². The molecular weight excluding hydrogens is 304 g/mol. The molecule has 2 aromatic rings. The average molecular weight is 316 g/mol. The summed E-state index contributed by atoms with van der Waals surface area (Å²) in [6.45, 7) is 0.177. The highest BCUT2D eigenvalue weighted by Crippen LogP contribution is 2.32. The van der Waals surface area contributed by atoms with E-state index in [0.29, 0.717) is 16.3 Å². The molecule has 0 amide bonds. The molecule has 6 heteroatoms. The van der Waals surface area contributed by atoms with Crippen LogP contribution in [0.1, 0.15) is 5.56 Å². The number of rotatable bonds is 4. The van der Waals surface area contributed by atoms with Crippen molar-refractivity contribution >= 4 is 28.9 Å². The van der Waals surface area contributed by atoms with Crippen molar-refractivity contribution in [2.24, 2.45) is 0 Å². The molecule has 0 aliphatic rings. The Morgan fingerprint density at radius 2 is 2.00 bits per heavy atom. The minimum Gasteiger partial charge on any atom is -0.506 e. The lowest BCUT2D eigenvalue weighted by molar-refractivity contribution is 0.414. The van der Waals surface area contributed by atoms with Gasteiger partial charge in [0.25, 0.3) is 0 Å². The molecule has 0 atom stereocenters. The van der Waals surface area contributed by atoms with E-state index in [1.165, 1.54) is 31.4 Å². The second-order valence-electron chi connectivity index (χ2n) is 4.09. The number of hydrogen-bond acceptors (Lipinski definition) is 3. The van der Waals surface area contributed by atoms with E-state index in [4.69, 9.17) is 27.9 Å². The van der Waals surface area contributed by atoms with Gasteiger partial charge in [0, 0.05) is 23.2 Å². The summed E-state index contributed by atoms with van der Waals surface area (Å²) >= 11 is 11.7. The zero-order valence-corrected chi connectivity index (χ0v) is 12.1. The maximum Gasteiger partial charge on any atom is 0.146 e. The fourth-order valence-electron chi connectivity index (χ4n) is 1.71. The molecule has 0 bridgehead atoms. The third-order valence-electron chi connectivity index (χ3n) is 2.75. The highest BCUT2D eigenvalue weighted by Gasteiger charge is 2.09. The van der Waals surface area contributed by atoms with Crippen molar-refractivity contribution in [3.63, 3.8) is 0 Å². The summed E-state index contributed by atoms with van der Waals surface area (Å²) in [6.07, 6.45) is 0. The molecule has 0 aliphatic heterocycles. The van der Waals surface area contributed by atoms with Crippen molar-refractivity contribution in [1.29, 1.82) is 0 Å². The first-order valence-corrected chi connectivity index (χ1v) is 6.51. The lowest BCUT2D eigenvalue weighted by Crippen LogP contribution is -2.02. The fourth-order valence-corrected chi connectivity index (χ4v) is 2.25. The van der Waals surface area contributed by atoms with Crippen LogP contribution in [0.5, 0.6) is 11.5 Å². The number of aromatic hydroxyl groups is 1. The largest absolute Gasteiger partial charge is 0.506 e. The Kier molecular flexibility index (Phi) is 4.57. The normalized spacial score (nSPS) is 10.4. The first kappa shape index (κ1) is 14.8. The van der Waals surface area contributed by atoms with Crippen LogP contribution in [0.25, 0.3) is 0 Å². The zero-order chi connectivity index (χ0) is 14.7. The molecular formula is C14H12Cl2FNO2. The molecule has 0 aliphatic carbocycles. The van der Waals surface area contributed by atoms with E-state index in [1.54, 1.807) is 6.07 Å². The van der Waals surface area contributed by atoms with Crippen LogP contribution < -0.4 is 10.1 Å². The molecule has 0 saturated heterocycles. The Morgan fingerprint density at radius 1 is 1.25 bits per heavy atom. The first-order chi connectivity index (χ1) is 9.51. The molecule has 0 unspecified atom stereocenters. The van der Waals surface area contributed by atoms with Gasteiger partial charge in [0.05, 0.1) is 17.8 Å². The lowest BCUT2D eigenvalue weighted by Gasteiger charge is -2.11. The van der Waals surface area contributed by atoms with Gasteiger partial charge in [0.1, 0.15) is 17.3 Å². The van der Waals surface area contributed by atoms with E-state index in [0.717, 1.165) is 0 Å². The van der Waals surface area contributed by atoms with Crippen LogP contribution >= 0.6 is 23.2 Å². The Bertz CT molecular complexity index is 635. The summed E-state index contributed by atoms with van der Waals surface area (Å²) in [5.41, 5.74) is 0.740. The minimum absolute atomic E-state index is 0.0770. The van der Waals surface area contributed by atoms with Gasteiger partial charge < -0.3 is 15.2 Å². The summed E-state index contributed by atoms with van der Waals surface area (Å²) in [7, 11) is 1.50. The average Bonchev–Trinajstić information content (AvgIpc) is 2.42. The molecule has 3 nitrogen and oxygen atoms in total. The van der Waals surface area contributed by atoms with Crippen LogP contribution in [-0.4, -0.2) is 12.2 Å². The Labute approximate surface area is 125 Å². The number of ether oxygens (including phenoxy) is 1. The molecule has 2 N–H and O–H groups in total. The number of phenols is 1. The first-order valence-electron chi connectivity index (χ1n) is 5.75. The van der Waals surface area contributed by atoms with E-state index in [2.05, 4.69) is 5.32 Å². The van der Waals surface area contributed by atoms with Gasteiger partial charge in [-0.2, -0.15) is 0 Å². The standard InChI is InChI=1S/C14H12Cl2FNO2/c1-20-10-2-3-12(17)13(6-10)18-7-8-4-9(15)5-11(16)14(8)19/h2-6,18-19H,7H2,1H3. The third kappa shape index (κ3) is 3.26. The van der Waals surface area contributed by atoms with Crippen molar-refractivity contribution in [1.82, 2.24) is 0 Å². The molecule has 20 heavy (non-hydrogen) atoms. The number of benzene rings is 2. The molecule has 0 fully saturated rings. The van der Waals surface area contributed by atoms with Crippen LogP contribution in [-0.2, 0) is 6.54 Å². The summed E-state index contributed by atoms with van der Waals surface area (Å²) in [5, 5.41) is 13.2. The van der Waals surface area contributed by atoms with Gasteiger partial charge in [-0.3, -0.25) is 0 Å². The molecule has 0 saturated carbocycles. The molecule has 0 aromatic heterocycles. The number of phenolic OH excluding ortho intramolecular Hbond substituents is 1. The van der Waals surface area contributed by atoms with Crippen molar-refractivity contribution < 1.29 is 14.2 Å². The van der Waals surface area contributed by atoms with Crippen LogP contribution in [0.15, 0.2) is 30.3 Å². The number of halogens is 3. The monoisotopic (exact) mass is 315 g/mol. The number of anilines is 1. The zero-order valence-electron chi connectivity index (χ0n) is 10.6. The Morgan fingerprint density at radius 3 is 2.70 bits per heavy atom. The van der Waals surface area contributed by atoms with E-state index < -0.39 is 5.82 Å². The fraction of sp³-hybridized carbons (Fsp3) is 0.143. The smallest absolute Gasteiger partial charge is 0.146 e. The third-order valence-corrected chi connectivity index (χ3v) is 3.26. The second-order valence-corrected chi connectivity index (χ2v) is 4.94. The van der Waals surface area contributed by atoms with Crippen LogP contribution in [0.4, 0.5) is 10.1 Å². The summed E-state index contributed by atoms with van der Waals surface area (Å²) in [4.78, 5) is 0. The summed E-state index contributed by atoms with van der Waals surface area (Å²) in [5.74, 6) is 0.0348. The van der Waals surface area contributed by atoms with E-state index >= 15 is 0 Å². The number of methoxy groups -OCH3 is 1. The van der Waals surface area contributed by atoms with Crippen molar-refractivity contribution in [2.75, 3.05) is 12.4 Å². The van der Waals surface area contributed by atoms with Gasteiger partial charge in [0.15, 0.2) is 0 Å². The summed E-state index contributed by atoms with van der Waals surface area (Å²) < 4.78 is 18.7.